The van der Waals surface area contributed by atoms with Gasteiger partial charge in [0.2, 0.25) is 0 Å². The summed E-state index contributed by atoms with van der Waals surface area (Å²) < 4.78 is 13.4. The molecule has 63 heavy (non-hydrogen) atoms. The predicted molar refractivity (Wildman–Crippen MR) is 263 cm³/mol. The molecule has 0 saturated heterocycles. The summed E-state index contributed by atoms with van der Waals surface area (Å²) in [6.45, 7) is 0. The van der Waals surface area contributed by atoms with Crippen molar-refractivity contribution in [3.8, 4) is 55.6 Å². The van der Waals surface area contributed by atoms with Crippen LogP contribution in [-0.2, 0) is 0 Å². The Labute approximate surface area is 365 Å². The van der Waals surface area contributed by atoms with Crippen molar-refractivity contribution < 1.29 is 8.83 Å². The van der Waals surface area contributed by atoms with Gasteiger partial charge in [0.05, 0.1) is 11.4 Å². The lowest BCUT2D eigenvalue weighted by Gasteiger charge is -2.29. The van der Waals surface area contributed by atoms with Gasteiger partial charge in [-0.3, -0.25) is 0 Å². The van der Waals surface area contributed by atoms with Gasteiger partial charge in [-0.2, -0.15) is 0 Å². The summed E-state index contributed by atoms with van der Waals surface area (Å²) in [7, 11) is 0. The molecule has 2 aromatic heterocycles. The third-order valence-electron chi connectivity index (χ3n) is 12.3. The van der Waals surface area contributed by atoms with E-state index in [1.807, 2.05) is 18.2 Å². The van der Waals surface area contributed by atoms with E-state index in [9.17, 15) is 0 Å². The van der Waals surface area contributed by atoms with E-state index in [-0.39, 0.29) is 0 Å². The fourth-order valence-electron chi connectivity index (χ4n) is 9.40. The summed E-state index contributed by atoms with van der Waals surface area (Å²) in [4.78, 5) is 2.37. The van der Waals surface area contributed by atoms with E-state index in [2.05, 4.69) is 223 Å². The summed E-state index contributed by atoms with van der Waals surface area (Å²) in [6, 6.07) is 84.1. The number of rotatable bonds is 8. The van der Waals surface area contributed by atoms with Gasteiger partial charge in [-0.25, -0.2) is 0 Å². The van der Waals surface area contributed by atoms with Crippen molar-refractivity contribution in [2.24, 2.45) is 0 Å². The summed E-state index contributed by atoms with van der Waals surface area (Å²) in [5.41, 5.74) is 17.8. The van der Waals surface area contributed by atoms with Crippen LogP contribution in [0.1, 0.15) is 0 Å². The number of para-hydroxylation sites is 5. The van der Waals surface area contributed by atoms with Gasteiger partial charge in [0.15, 0.2) is 5.58 Å². The van der Waals surface area contributed by atoms with E-state index in [4.69, 9.17) is 8.83 Å². The van der Waals surface area contributed by atoms with Crippen molar-refractivity contribution in [3.63, 3.8) is 0 Å². The molecule has 2 heterocycles. The molecule has 0 spiro atoms. The minimum Gasteiger partial charge on any atom is -0.455 e. The molecule has 0 unspecified atom stereocenters. The number of nitrogens with zero attached hydrogens (tertiary/aromatic N) is 1. The molecular formula is C60H39NO2. The first kappa shape index (κ1) is 36.5. The van der Waals surface area contributed by atoms with Gasteiger partial charge in [0.25, 0.3) is 0 Å². The highest BCUT2D eigenvalue weighted by molar-refractivity contribution is 6.12. The molecule has 0 N–H and O–H groups in total. The molecule has 3 heteroatoms. The number of fused-ring (bicyclic) bond motifs is 6. The van der Waals surface area contributed by atoms with Gasteiger partial charge < -0.3 is 13.7 Å². The SMILES string of the molecule is c1ccc(-c2ccc(-c3ccccc3-c3ccccc3-c3ccccc3N(c3cccc(-c4cccc5c4oc4ccccc45)c3)c3cccc4c3oc3ccccc34)cc2)cc1. The lowest BCUT2D eigenvalue weighted by molar-refractivity contribution is 0.669. The third-order valence-corrected chi connectivity index (χ3v) is 12.3. The summed E-state index contributed by atoms with van der Waals surface area (Å²) >= 11 is 0. The Morgan fingerprint density at radius 1 is 0.254 bits per heavy atom. The molecule has 12 aromatic rings. The number of anilines is 3. The Hall–Kier alpha value is -8.40. The average molecular weight is 806 g/mol. The standard InChI is InChI=1S/C60H39NO2/c1-2-17-40(18-3-1)41-35-37-42(38-36-41)45-21-4-5-22-47(45)48-23-6-7-24-49(48)50-25-8-11-31-55(50)61(56-32-16-30-54-52-27-10-13-34-58(52)63-60(54)56)44-20-14-19-43(39-44)46-28-15-29-53-51-26-9-12-33-57(51)62-59(46)53/h1-39H. The molecule has 3 nitrogen and oxygen atoms in total. The molecule has 0 fully saturated rings. The van der Waals surface area contributed by atoms with Crippen molar-refractivity contribution in [2.45, 2.75) is 0 Å². The van der Waals surface area contributed by atoms with Gasteiger partial charge in [0.1, 0.15) is 16.7 Å². The highest BCUT2D eigenvalue weighted by Gasteiger charge is 2.24. The largest absolute Gasteiger partial charge is 0.455 e. The van der Waals surface area contributed by atoms with Gasteiger partial charge >= 0.3 is 0 Å². The van der Waals surface area contributed by atoms with Crippen LogP contribution in [0.15, 0.2) is 245 Å². The molecule has 0 radical (unpaired) electrons. The Kier molecular flexibility index (Phi) is 8.83. The van der Waals surface area contributed by atoms with Crippen molar-refractivity contribution in [3.05, 3.63) is 237 Å². The quantitative estimate of drug-likeness (QED) is 0.153. The highest BCUT2D eigenvalue weighted by atomic mass is 16.3. The first-order chi connectivity index (χ1) is 31.3. The van der Waals surface area contributed by atoms with E-state index < -0.39 is 0 Å². The first-order valence-electron chi connectivity index (χ1n) is 21.4. The number of benzene rings is 10. The zero-order valence-corrected chi connectivity index (χ0v) is 34.3. The fraction of sp³-hybridized carbons (Fsp3) is 0. The molecule has 10 aromatic carbocycles. The first-order valence-corrected chi connectivity index (χ1v) is 21.4. The molecule has 0 aliphatic heterocycles. The zero-order chi connectivity index (χ0) is 41.7. The van der Waals surface area contributed by atoms with Crippen LogP contribution in [0.3, 0.4) is 0 Å². The second kappa shape index (κ2) is 15.3. The number of hydrogen-bond acceptors (Lipinski definition) is 3. The summed E-state index contributed by atoms with van der Waals surface area (Å²) in [6.07, 6.45) is 0. The molecule has 0 amide bonds. The Morgan fingerprint density at radius 2 is 0.698 bits per heavy atom. The average Bonchev–Trinajstić information content (AvgIpc) is 3.94. The van der Waals surface area contributed by atoms with Crippen molar-refractivity contribution >= 4 is 60.9 Å². The molecule has 0 aliphatic carbocycles. The van der Waals surface area contributed by atoms with Gasteiger partial charge in [-0.05, 0) is 80.9 Å². The minimum atomic E-state index is 0.830. The van der Waals surface area contributed by atoms with E-state index in [1.165, 1.54) is 27.8 Å². The molecular weight excluding hydrogens is 767 g/mol. The smallest absolute Gasteiger partial charge is 0.159 e. The molecule has 0 atom stereocenters. The maximum absolute atomic E-state index is 6.80. The molecule has 0 saturated carbocycles. The summed E-state index contributed by atoms with van der Waals surface area (Å²) in [5, 5.41) is 4.38. The van der Waals surface area contributed by atoms with Gasteiger partial charge in [0, 0.05) is 38.4 Å². The number of hydrogen-bond donors (Lipinski definition) is 0. The van der Waals surface area contributed by atoms with Crippen LogP contribution >= 0.6 is 0 Å². The van der Waals surface area contributed by atoms with E-state index in [0.717, 1.165) is 88.8 Å². The lowest BCUT2D eigenvalue weighted by atomic mass is 9.88. The van der Waals surface area contributed by atoms with E-state index in [0.29, 0.717) is 0 Å². The normalized spacial score (nSPS) is 11.5. The third kappa shape index (κ3) is 6.29. The second-order valence-corrected chi connectivity index (χ2v) is 16.0. The monoisotopic (exact) mass is 805 g/mol. The Bertz CT molecular complexity index is 3630. The van der Waals surface area contributed by atoms with Crippen LogP contribution in [-0.4, -0.2) is 0 Å². The topological polar surface area (TPSA) is 29.5 Å². The van der Waals surface area contributed by atoms with Crippen LogP contribution in [0.4, 0.5) is 17.1 Å². The van der Waals surface area contributed by atoms with Crippen LogP contribution in [0, 0.1) is 0 Å². The Morgan fingerprint density at radius 3 is 1.43 bits per heavy atom. The van der Waals surface area contributed by atoms with Gasteiger partial charge in [-0.15, -0.1) is 0 Å². The molecule has 296 valence electrons. The van der Waals surface area contributed by atoms with Crippen molar-refractivity contribution in [1.29, 1.82) is 0 Å². The second-order valence-electron chi connectivity index (χ2n) is 16.0. The maximum Gasteiger partial charge on any atom is 0.159 e. The van der Waals surface area contributed by atoms with Crippen molar-refractivity contribution in [1.82, 2.24) is 0 Å². The maximum atomic E-state index is 6.80. The minimum absolute atomic E-state index is 0.830. The number of furan rings is 2. The van der Waals surface area contributed by atoms with Gasteiger partial charge in [-0.1, -0.05) is 200 Å². The van der Waals surface area contributed by atoms with Crippen molar-refractivity contribution in [2.75, 3.05) is 4.90 Å². The van der Waals surface area contributed by atoms with Crippen LogP contribution in [0.2, 0.25) is 0 Å². The van der Waals surface area contributed by atoms with Crippen LogP contribution in [0.25, 0.3) is 99.5 Å². The molecule has 0 aliphatic rings. The fourth-order valence-corrected chi connectivity index (χ4v) is 9.40. The highest BCUT2D eigenvalue weighted by Crippen LogP contribution is 2.48. The Balaban J connectivity index is 1.05. The van der Waals surface area contributed by atoms with E-state index >= 15 is 0 Å². The predicted octanol–water partition coefficient (Wildman–Crippen LogP) is 17.3. The van der Waals surface area contributed by atoms with Crippen LogP contribution < -0.4 is 4.90 Å². The summed E-state index contributed by atoms with van der Waals surface area (Å²) in [5.74, 6) is 0. The molecule has 0 bridgehead atoms. The van der Waals surface area contributed by atoms with Crippen LogP contribution in [0.5, 0.6) is 0 Å². The lowest BCUT2D eigenvalue weighted by Crippen LogP contribution is -2.12. The zero-order valence-electron chi connectivity index (χ0n) is 34.3. The molecule has 12 rings (SSSR count). The van der Waals surface area contributed by atoms with E-state index in [1.54, 1.807) is 0 Å².